The van der Waals surface area contributed by atoms with Gasteiger partial charge >= 0.3 is 0 Å². The van der Waals surface area contributed by atoms with E-state index >= 15 is 0 Å². The number of nitrogens with two attached hydrogens (primary N) is 3. The van der Waals surface area contributed by atoms with Crippen LogP contribution in [0.25, 0.3) is 10.8 Å². The number of azo groups is 1. The summed E-state index contributed by atoms with van der Waals surface area (Å²) in [6.07, 6.45) is 11.0. The fraction of sp³-hybridized carbons (Fsp3) is 0.476. The lowest BCUT2D eigenvalue weighted by molar-refractivity contribution is 0.0410. The van der Waals surface area contributed by atoms with Crippen LogP contribution < -0.4 is 21.9 Å². The minimum absolute atomic E-state index is 0.0692. The monoisotopic (exact) mass is 744 g/mol. The van der Waals surface area contributed by atoms with Crippen LogP contribution in [0, 0.1) is 19.8 Å². The Bertz CT molecular complexity index is 1730. The van der Waals surface area contributed by atoms with E-state index in [2.05, 4.69) is 27.3 Å². The van der Waals surface area contributed by atoms with Crippen LogP contribution in [0.2, 0.25) is 0 Å². The number of anilines is 3. The number of hydrogen-bond donors (Lipinski definition) is 5. The van der Waals surface area contributed by atoms with Crippen molar-refractivity contribution >= 4 is 51.0 Å². The summed E-state index contributed by atoms with van der Waals surface area (Å²) in [7, 11) is 1.59. The molecule has 0 bridgehead atoms. The summed E-state index contributed by atoms with van der Waals surface area (Å²) >= 11 is 1.86. The SMILES string of the molecule is C1CCC1.CC(O)CC1CCC1.COc1cc(N=Nc2ccc(SCCN3CCOCC3)cc2)c(C)cc1N.Cc1cc2ccc(N)cc2c(O)c1N. The first-order valence-electron chi connectivity index (χ1n) is 18.9. The number of methoxy groups -OCH3 is 1. The van der Waals surface area contributed by atoms with Crippen LogP contribution in [-0.2, 0) is 4.74 Å². The van der Waals surface area contributed by atoms with Gasteiger partial charge < -0.3 is 36.9 Å². The Labute approximate surface area is 320 Å². The summed E-state index contributed by atoms with van der Waals surface area (Å²) in [5.74, 6) is 2.66. The highest BCUT2D eigenvalue weighted by molar-refractivity contribution is 7.99. The van der Waals surface area contributed by atoms with Crippen molar-refractivity contribution < 1.29 is 19.7 Å². The van der Waals surface area contributed by atoms with Crippen LogP contribution in [0.3, 0.4) is 0 Å². The lowest BCUT2D eigenvalue weighted by Gasteiger charge is -2.26. The Morgan fingerprint density at radius 1 is 0.887 bits per heavy atom. The van der Waals surface area contributed by atoms with Crippen molar-refractivity contribution in [3.05, 3.63) is 71.8 Å². The summed E-state index contributed by atoms with van der Waals surface area (Å²) in [6.45, 7) is 10.6. The number of thioether (sulfide) groups is 1. The van der Waals surface area contributed by atoms with E-state index in [1.807, 2.05) is 68.9 Å². The molecule has 0 radical (unpaired) electrons. The van der Waals surface area contributed by atoms with Gasteiger partial charge in [0.1, 0.15) is 11.5 Å². The van der Waals surface area contributed by atoms with Gasteiger partial charge in [-0.15, -0.1) is 11.8 Å². The lowest BCUT2D eigenvalue weighted by Crippen LogP contribution is -2.37. The molecule has 4 aromatic carbocycles. The second kappa shape index (κ2) is 21.6. The van der Waals surface area contributed by atoms with Crippen LogP contribution >= 0.6 is 11.8 Å². The van der Waals surface area contributed by atoms with E-state index in [9.17, 15) is 5.11 Å². The highest BCUT2D eigenvalue weighted by Gasteiger charge is 2.18. The maximum atomic E-state index is 9.78. The lowest BCUT2D eigenvalue weighted by atomic mass is 9.82. The van der Waals surface area contributed by atoms with Crippen molar-refractivity contribution in [2.75, 3.05) is 62.9 Å². The van der Waals surface area contributed by atoms with E-state index in [1.165, 1.54) is 49.8 Å². The smallest absolute Gasteiger partial charge is 0.146 e. The molecule has 2 aliphatic carbocycles. The fourth-order valence-corrected chi connectivity index (χ4v) is 6.74. The first kappa shape index (κ1) is 41.7. The minimum Gasteiger partial charge on any atom is -0.505 e. The molecule has 4 aromatic rings. The van der Waals surface area contributed by atoms with Gasteiger partial charge in [0.15, 0.2) is 0 Å². The summed E-state index contributed by atoms with van der Waals surface area (Å²) < 4.78 is 10.6. The average molecular weight is 745 g/mol. The predicted octanol–water partition coefficient (Wildman–Crippen LogP) is 9.56. The molecular weight excluding hydrogens is 685 g/mol. The molecule has 3 fully saturated rings. The highest BCUT2D eigenvalue weighted by Crippen LogP contribution is 2.35. The molecule has 11 heteroatoms. The third kappa shape index (κ3) is 13.7. The molecule has 288 valence electrons. The van der Waals surface area contributed by atoms with Gasteiger partial charge in [0.2, 0.25) is 0 Å². The van der Waals surface area contributed by atoms with E-state index in [1.54, 1.807) is 19.2 Å². The van der Waals surface area contributed by atoms with Crippen LogP contribution in [0.1, 0.15) is 69.4 Å². The number of aryl methyl sites for hydroxylation is 2. The zero-order valence-electron chi connectivity index (χ0n) is 32.0. The molecule has 7 rings (SSSR count). The molecule has 10 nitrogen and oxygen atoms in total. The summed E-state index contributed by atoms with van der Waals surface area (Å²) in [5, 5.41) is 29.0. The van der Waals surface area contributed by atoms with Crippen LogP contribution in [0.5, 0.6) is 11.5 Å². The number of phenolic OH excluding ortho intramolecular Hbond substituents is 1. The second-order valence-electron chi connectivity index (χ2n) is 14.1. The topological polar surface area (TPSA) is 165 Å². The summed E-state index contributed by atoms with van der Waals surface area (Å²) in [5.41, 5.74) is 22.3. The van der Waals surface area contributed by atoms with Crippen molar-refractivity contribution in [2.45, 2.75) is 83.1 Å². The molecule has 0 amide bonds. The normalized spacial score (nSPS) is 16.2. The number of hydrogen-bond acceptors (Lipinski definition) is 11. The Morgan fingerprint density at radius 2 is 1.57 bits per heavy atom. The number of fused-ring (bicyclic) bond motifs is 1. The zero-order chi connectivity index (χ0) is 38.2. The molecular formula is C42H60N6O4S. The van der Waals surface area contributed by atoms with Gasteiger partial charge in [0, 0.05) is 47.4 Å². The summed E-state index contributed by atoms with van der Waals surface area (Å²) in [6, 6.07) is 19.2. The quantitative estimate of drug-likeness (QED) is 0.0486. The van der Waals surface area contributed by atoms with Gasteiger partial charge in [0.05, 0.1) is 49.2 Å². The van der Waals surface area contributed by atoms with Crippen LogP contribution in [-0.4, -0.2) is 66.9 Å². The molecule has 1 saturated heterocycles. The van der Waals surface area contributed by atoms with Gasteiger partial charge in [-0.25, -0.2) is 0 Å². The molecule has 0 spiro atoms. The molecule has 1 atom stereocenters. The molecule has 53 heavy (non-hydrogen) atoms. The minimum atomic E-state index is -0.0692. The van der Waals surface area contributed by atoms with E-state index < -0.39 is 0 Å². The van der Waals surface area contributed by atoms with Crippen molar-refractivity contribution in [3.63, 3.8) is 0 Å². The maximum absolute atomic E-state index is 9.78. The third-order valence-corrected chi connectivity index (χ3v) is 10.7. The average Bonchev–Trinajstić information content (AvgIpc) is 3.10. The maximum Gasteiger partial charge on any atom is 0.146 e. The van der Waals surface area contributed by atoms with Crippen molar-refractivity contribution in [1.82, 2.24) is 4.90 Å². The van der Waals surface area contributed by atoms with Gasteiger partial charge in [-0.1, -0.05) is 51.0 Å². The Hall–Kier alpha value is -4.03. The number of nitrogen functional groups attached to an aromatic ring is 3. The van der Waals surface area contributed by atoms with Crippen LogP contribution in [0.4, 0.5) is 28.4 Å². The first-order chi connectivity index (χ1) is 25.5. The standard InChI is InChI=1S/C20H26N4O2S.C11H12N2O.C7H14O.C4H8/c1-15-13-18(21)20(25-2)14-19(15)23-22-16-3-5-17(6-4-16)27-12-9-24-7-10-26-11-8-24;1-6-4-7-2-3-8(12)5-9(7)11(14)10(6)13;1-6(8)5-7-3-2-4-7;1-2-4-3-1/h3-6,13-14H,7-12,21H2,1-2H3;2-5,14H,12-13H2,1H3;6-8H,2-5H2,1H3;1-4H2. The van der Waals surface area contributed by atoms with Crippen molar-refractivity contribution in [1.29, 1.82) is 0 Å². The van der Waals surface area contributed by atoms with Gasteiger partial charge in [-0.05, 0) is 98.2 Å². The Morgan fingerprint density at radius 3 is 2.13 bits per heavy atom. The molecule has 1 aliphatic heterocycles. The highest BCUT2D eigenvalue weighted by atomic mass is 32.2. The molecule has 1 unspecified atom stereocenters. The summed E-state index contributed by atoms with van der Waals surface area (Å²) in [4.78, 5) is 3.69. The molecule has 8 N–H and O–H groups in total. The molecule has 0 aromatic heterocycles. The number of ether oxygens (including phenoxy) is 2. The van der Waals surface area contributed by atoms with Crippen molar-refractivity contribution in [3.8, 4) is 11.5 Å². The Balaban J connectivity index is 0.000000197. The van der Waals surface area contributed by atoms with Crippen LogP contribution in [0.15, 0.2) is 75.8 Å². The molecule has 3 aliphatic rings. The Kier molecular flexibility index (Phi) is 17.0. The van der Waals surface area contributed by atoms with E-state index in [0.717, 1.165) is 78.8 Å². The van der Waals surface area contributed by atoms with Crippen molar-refractivity contribution in [2.24, 2.45) is 16.1 Å². The number of aromatic hydroxyl groups is 1. The second-order valence-corrected chi connectivity index (χ2v) is 15.3. The number of aliphatic hydroxyl groups is 1. The number of morpholine rings is 1. The van der Waals surface area contributed by atoms with Gasteiger partial charge in [-0.3, -0.25) is 4.90 Å². The van der Waals surface area contributed by atoms with Gasteiger partial charge in [-0.2, -0.15) is 10.2 Å². The van der Waals surface area contributed by atoms with E-state index in [0.29, 0.717) is 28.2 Å². The molecule has 1 heterocycles. The first-order valence-corrected chi connectivity index (χ1v) is 19.9. The number of rotatable bonds is 9. The zero-order valence-corrected chi connectivity index (χ0v) is 32.8. The number of phenols is 1. The van der Waals surface area contributed by atoms with E-state index in [4.69, 9.17) is 31.8 Å². The van der Waals surface area contributed by atoms with E-state index in [-0.39, 0.29) is 11.9 Å². The number of aliphatic hydroxyl groups excluding tert-OH is 1. The fourth-order valence-electron chi connectivity index (χ4n) is 5.83. The number of benzene rings is 4. The largest absolute Gasteiger partial charge is 0.505 e. The third-order valence-electron chi connectivity index (χ3n) is 9.72. The number of nitrogens with zero attached hydrogens (tertiary/aromatic N) is 3. The predicted molar refractivity (Wildman–Crippen MR) is 222 cm³/mol. The molecule has 2 saturated carbocycles. The van der Waals surface area contributed by atoms with Gasteiger partial charge in [0.25, 0.3) is 0 Å².